The zero-order valence-corrected chi connectivity index (χ0v) is 13.1. The van der Waals surface area contributed by atoms with Crippen molar-refractivity contribution in [2.24, 2.45) is 5.92 Å². The average molecular weight is 314 g/mol. The van der Waals surface area contributed by atoms with Crippen LogP contribution >= 0.6 is 0 Å². The van der Waals surface area contributed by atoms with Gasteiger partial charge in [0.25, 0.3) is 0 Å². The van der Waals surface area contributed by atoms with Gasteiger partial charge in [0.2, 0.25) is 15.9 Å². The molecule has 0 aromatic heterocycles. The molecular formula is C13H18N2O5S. The van der Waals surface area contributed by atoms with E-state index in [2.05, 4.69) is 5.32 Å². The van der Waals surface area contributed by atoms with Gasteiger partial charge in [-0.25, -0.2) is 12.7 Å². The van der Waals surface area contributed by atoms with Crippen molar-refractivity contribution in [3.63, 3.8) is 0 Å². The fraction of sp³-hybridized carbons (Fsp3) is 0.385. The third-order valence-electron chi connectivity index (χ3n) is 2.98. The van der Waals surface area contributed by atoms with Gasteiger partial charge in [0.15, 0.2) is 0 Å². The van der Waals surface area contributed by atoms with Crippen LogP contribution in [0.1, 0.15) is 12.5 Å². The molecule has 21 heavy (non-hydrogen) atoms. The number of hydrogen-bond donors (Lipinski definition) is 2. The van der Waals surface area contributed by atoms with Gasteiger partial charge in [-0.1, -0.05) is 6.07 Å². The van der Waals surface area contributed by atoms with Crippen LogP contribution < -0.4 is 5.32 Å². The summed E-state index contributed by atoms with van der Waals surface area (Å²) in [5.74, 6) is -3.18. The van der Waals surface area contributed by atoms with Gasteiger partial charge in [0.05, 0.1) is 4.90 Å². The van der Waals surface area contributed by atoms with Crippen LogP contribution in [0.2, 0.25) is 0 Å². The fourth-order valence-corrected chi connectivity index (χ4v) is 2.66. The zero-order valence-electron chi connectivity index (χ0n) is 12.2. The van der Waals surface area contributed by atoms with Crippen LogP contribution in [0.15, 0.2) is 23.1 Å². The predicted molar refractivity (Wildman–Crippen MR) is 77.5 cm³/mol. The molecule has 1 aromatic rings. The highest BCUT2D eigenvalue weighted by molar-refractivity contribution is 7.89. The molecule has 1 amide bonds. The summed E-state index contributed by atoms with van der Waals surface area (Å²) in [7, 11) is -0.818. The van der Waals surface area contributed by atoms with Crippen molar-refractivity contribution >= 4 is 27.6 Å². The number of aryl methyl sites for hydroxylation is 1. The number of carbonyl (C=O) groups excluding carboxylic acids is 1. The highest BCUT2D eigenvalue weighted by Crippen LogP contribution is 2.22. The minimum atomic E-state index is -3.64. The van der Waals surface area contributed by atoms with Gasteiger partial charge in [-0.15, -0.1) is 0 Å². The summed E-state index contributed by atoms with van der Waals surface area (Å²) in [6.07, 6.45) is 0. The van der Waals surface area contributed by atoms with E-state index in [1.54, 1.807) is 13.0 Å². The SMILES string of the molecule is Cc1ccc(NC(=O)C(C)C(=O)O)cc1S(=O)(=O)N(C)C. The highest BCUT2D eigenvalue weighted by atomic mass is 32.2. The molecule has 7 nitrogen and oxygen atoms in total. The van der Waals surface area contributed by atoms with E-state index in [-0.39, 0.29) is 10.6 Å². The number of anilines is 1. The van der Waals surface area contributed by atoms with Gasteiger partial charge in [-0.3, -0.25) is 9.59 Å². The van der Waals surface area contributed by atoms with Gasteiger partial charge in [0.1, 0.15) is 5.92 Å². The Morgan fingerprint density at radius 1 is 1.29 bits per heavy atom. The topological polar surface area (TPSA) is 104 Å². The maximum absolute atomic E-state index is 12.2. The van der Waals surface area contributed by atoms with Gasteiger partial charge in [-0.2, -0.15) is 0 Å². The smallest absolute Gasteiger partial charge is 0.315 e. The summed E-state index contributed by atoms with van der Waals surface area (Å²) in [5.41, 5.74) is 0.770. The van der Waals surface area contributed by atoms with E-state index in [9.17, 15) is 18.0 Å². The standard InChI is InChI=1S/C13H18N2O5S/c1-8-5-6-10(14-12(16)9(2)13(17)18)7-11(8)21(19,20)15(3)4/h5-7,9H,1-4H3,(H,14,16)(H,17,18). The minimum absolute atomic E-state index is 0.0632. The second-order valence-electron chi connectivity index (χ2n) is 4.82. The van der Waals surface area contributed by atoms with Crippen molar-refractivity contribution < 1.29 is 23.1 Å². The number of carbonyl (C=O) groups is 2. The average Bonchev–Trinajstić information content (AvgIpc) is 2.39. The van der Waals surface area contributed by atoms with E-state index in [4.69, 9.17) is 5.11 Å². The summed E-state index contributed by atoms with van der Waals surface area (Å²) in [5, 5.41) is 11.2. The molecule has 0 saturated heterocycles. The lowest BCUT2D eigenvalue weighted by Gasteiger charge is -2.15. The van der Waals surface area contributed by atoms with E-state index in [0.29, 0.717) is 5.56 Å². The number of amides is 1. The van der Waals surface area contributed by atoms with Gasteiger partial charge in [0, 0.05) is 19.8 Å². The van der Waals surface area contributed by atoms with Crippen LogP contribution in [0, 0.1) is 12.8 Å². The van der Waals surface area contributed by atoms with E-state index >= 15 is 0 Å². The molecule has 1 atom stereocenters. The Morgan fingerprint density at radius 3 is 2.33 bits per heavy atom. The molecule has 0 bridgehead atoms. The predicted octanol–water partition coefficient (Wildman–Crippen LogP) is 0.905. The van der Waals surface area contributed by atoms with E-state index in [1.807, 2.05) is 0 Å². The third kappa shape index (κ3) is 3.79. The number of sulfonamides is 1. The third-order valence-corrected chi connectivity index (χ3v) is 4.94. The number of hydrogen-bond acceptors (Lipinski definition) is 4. The van der Waals surface area contributed by atoms with Crippen molar-refractivity contribution in [3.8, 4) is 0 Å². The lowest BCUT2D eigenvalue weighted by atomic mass is 10.1. The van der Waals surface area contributed by atoms with Crippen LogP contribution in [0.5, 0.6) is 0 Å². The molecule has 0 aliphatic heterocycles. The lowest BCUT2D eigenvalue weighted by Crippen LogP contribution is -2.27. The number of nitrogens with one attached hydrogen (secondary N) is 1. The molecule has 0 fully saturated rings. The summed E-state index contributed by atoms with van der Waals surface area (Å²) in [6, 6.07) is 4.39. The Kier molecular flexibility index (Phi) is 5.08. The molecule has 8 heteroatoms. The molecular weight excluding hydrogens is 296 g/mol. The Morgan fingerprint density at radius 2 is 1.86 bits per heavy atom. The number of aliphatic carboxylic acids is 1. The first-order valence-corrected chi connectivity index (χ1v) is 7.58. The van der Waals surface area contributed by atoms with Crippen LogP contribution in [0.3, 0.4) is 0 Å². The van der Waals surface area contributed by atoms with Gasteiger partial charge in [-0.05, 0) is 31.5 Å². The van der Waals surface area contributed by atoms with Crippen molar-refractivity contribution in [1.82, 2.24) is 4.31 Å². The number of carboxylic acid groups (broad SMARTS) is 1. The first-order valence-electron chi connectivity index (χ1n) is 6.14. The van der Waals surface area contributed by atoms with Crippen molar-refractivity contribution in [2.45, 2.75) is 18.7 Å². The molecule has 1 unspecified atom stereocenters. The fourth-order valence-electron chi connectivity index (χ4n) is 1.52. The number of rotatable bonds is 5. The number of nitrogens with zero attached hydrogens (tertiary/aromatic N) is 1. The molecule has 0 saturated carbocycles. The molecule has 1 aromatic carbocycles. The molecule has 1 rings (SSSR count). The van der Waals surface area contributed by atoms with Gasteiger partial charge >= 0.3 is 5.97 Å². The van der Waals surface area contributed by atoms with E-state index in [1.165, 1.54) is 33.2 Å². The molecule has 0 spiro atoms. The summed E-state index contributed by atoms with van der Waals surface area (Å²) in [4.78, 5) is 22.5. The first kappa shape index (κ1) is 17.1. The maximum Gasteiger partial charge on any atom is 0.315 e. The second-order valence-corrected chi connectivity index (χ2v) is 6.94. The molecule has 0 radical (unpaired) electrons. The number of benzene rings is 1. The van der Waals surface area contributed by atoms with Crippen molar-refractivity contribution in [3.05, 3.63) is 23.8 Å². The minimum Gasteiger partial charge on any atom is -0.481 e. The summed E-state index contributed by atoms with van der Waals surface area (Å²) in [6.45, 7) is 2.89. The van der Waals surface area contributed by atoms with E-state index < -0.39 is 27.8 Å². The van der Waals surface area contributed by atoms with E-state index in [0.717, 1.165) is 4.31 Å². The second kappa shape index (κ2) is 6.23. The van der Waals surface area contributed by atoms with Crippen LogP contribution in [-0.2, 0) is 19.6 Å². The summed E-state index contributed by atoms with van der Waals surface area (Å²) < 4.78 is 25.4. The molecule has 0 aliphatic rings. The Hall–Kier alpha value is -1.93. The van der Waals surface area contributed by atoms with Crippen LogP contribution in [0.25, 0.3) is 0 Å². The van der Waals surface area contributed by atoms with Crippen molar-refractivity contribution in [1.29, 1.82) is 0 Å². The molecule has 0 heterocycles. The normalized spacial score (nSPS) is 13.0. The maximum atomic E-state index is 12.2. The van der Waals surface area contributed by atoms with Crippen LogP contribution in [0.4, 0.5) is 5.69 Å². The Bertz CT molecular complexity index is 667. The molecule has 116 valence electrons. The Labute approximate surface area is 123 Å². The number of carboxylic acids is 1. The first-order chi connectivity index (χ1) is 9.57. The lowest BCUT2D eigenvalue weighted by molar-refractivity contribution is -0.144. The van der Waals surface area contributed by atoms with Crippen molar-refractivity contribution in [2.75, 3.05) is 19.4 Å². The molecule has 2 N–H and O–H groups in total. The largest absolute Gasteiger partial charge is 0.481 e. The van der Waals surface area contributed by atoms with Crippen LogP contribution in [-0.4, -0.2) is 43.8 Å². The zero-order chi connectivity index (χ0) is 16.4. The monoisotopic (exact) mass is 314 g/mol. The quantitative estimate of drug-likeness (QED) is 0.786. The summed E-state index contributed by atoms with van der Waals surface area (Å²) >= 11 is 0. The van der Waals surface area contributed by atoms with Gasteiger partial charge < -0.3 is 10.4 Å². The molecule has 0 aliphatic carbocycles. The highest BCUT2D eigenvalue weighted by Gasteiger charge is 2.23. The Balaban J connectivity index is 3.14.